The number of hydrogen-bond donors (Lipinski definition) is 1. The Morgan fingerprint density at radius 1 is 1.27 bits per heavy atom. The Morgan fingerprint density at radius 2 is 1.87 bits per heavy atom. The molecule has 0 radical (unpaired) electrons. The summed E-state index contributed by atoms with van der Waals surface area (Å²) in [6.45, 7) is 1.73. The van der Waals surface area contributed by atoms with Crippen LogP contribution in [0.4, 0.5) is 17.6 Å². The van der Waals surface area contributed by atoms with Crippen LogP contribution in [-0.4, -0.2) is 0 Å². The van der Waals surface area contributed by atoms with Gasteiger partial charge in [-0.25, -0.2) is 4.39 Å². The van der Waals surface area contributed by atoms with E-state index in [0.717, 1.165) is 12.1 Å². The highest BCUT2D eigenvalue weighted by atomic mass is 19.4. The minimum Gasteiger partial charge on any atom is -0.324 e. The first-order valence-electron chi connectivity index (χ1n) is 4.48. The molecule has 1 unspecified atom stereocenters. The first-order chi connectivity index (χ1) is 6.84. The fraction of sp³-hybridized carbons (Fsp3) is 0.400. The maximum atomic E-state index is 12.9. The second-order valence-electron chi connectivity index (χ2n) is 3.29. The van der Waals surface area contributed by atoms with Crippen LogP contribution < -0.4 is 5.73 Å². The van der Waals surface area contributed by atoms with Crippen LogP contribution in [0.25, 0.3) is 0 Å². The minimum absolute atomic E-state index is 0.171. The summed E-state index contributed by atoms with van der Waals surface area (Å²) >= 11 is 0. The molecule has 1 nitrogen and oxygen atoms in total. The summed E-state index contributed by atoms with van der Waals surface area (Å²) in [6.07, 6.45) is -4.08. The molecule has 84 valence electrons. The third kappa shape index (κ3) is 2.92. The number of halogens is 4. The van der Waals surface area contributed by atoms with Crippen molar-refractivity contribution in [3.63, 3.8) is 0 Å². The lowest BCUT2D eigenvalue weighted by Crippen LogP contribution is -2.12. The summed E-state index contributed by atoms with van der Waals surface area (Å²) in [5.74, 6) is -0.913. The molecule has 1 aromatic rings. The van der Waals surface area contributed by atoms with Crippen molar-refractivity contribution in [1.82, 2.24) is 0 Å². The van der Waals surface area contributed by atoms with E-state index in [-0.39, 0.29) is 5.56 Å². The predicted octanol–water partition coefficient (Wildman–Crippen LogP) is 3.25. The fourth-order valence-electron chi connectivity index (χ4n) is 1.23. The largest absolute Gasteiger partial charge is 0.416 e. The highest BCUT2D eigenvalue weighted by Crippen LogP contribution is 2.31. The highest BCUT2D eigenvalue weighted by molar-refractivity contribution is 5.28. The quantitative estimate of drug-likeness (QED) is 0.762. The molecule has 0 aromatic heterocycles. The molecule has 1 rings (SSSR count). The van der Waals surface area contributed by atoms with E-state index in [0.29, 0.717) is 12.5 Å². The van der Waals surface area contributed by atoms with Crippen LogP contribution >= 0.6 is 0 Å². The van der Waals surface area contributed by atoms with Crippen LogP contribution in [-0.2, 0) is 6.18 Å². The van der Waals surface area contributed by atoms with Crippen LogP contribution in [0.3, 0.4) is 0 Å². The number of hydrogen-bond acceptors (Lipinski definition) is 1. The molecule has 0 amide bonds. The zero-order valence-corrected chi connectivity index (χ0v) is 8.11. The van der Waals surface area contributed by atoms with Crippen molar-refractivity contribution in [2.24, 2.45) is 5.73 Å². The predicted molar refractivity (Wildman–Crippen MR) is 48.6 cm³/mol. The van der Waals surface area contributed by atoms with Gasteiger partial charge in [0.05, 0.1) is 5.56 Å². The number of nitrogens with two attached hydrogens (primary N) is 1. The van der Waals surface area contributed by atoms with Crippen LogP contribution in [0.1, 0.15) is 30.5 Å². The average molecular weight is 221 g/mol. The van der Waals surface area contributed by atoms with Gasteiger partial charge in [-0.05, 0) is 30.2 Å². The summed E-state index contributed by atoms with van der Waals surface area (Å²) in [7, 11) is 0. The molecule has 0 saturated heterocycles. The van der Waals surface area contributed by atoms with E-state index in [1.54, 1.807) is 6.92 Å². The van der Waals surface area contributed by atoms with Gasteiger partial charge in [0.15, 0.2) is 0 Å². The molecule has 0 bridgehead atoms. The second-order valence-corrected chi connectivity index (χ2v) is 3.29. The molecule has 1 aromatic carbocycles. The SMILES string of the molecule is CCC(N)c1cc(F)cc(C(F)(F)F)c1. The van der Waals surface area contributed by atoms with Crippen molar-refractivity contribution >= 4 is 0 Å². The van der Waals surface area contributed by atoms with E-state index in [2.05, 4.69) is 0 Å². The monoisotopic (exact) mass is 221 g/mol. The summed E-state index contributed by atoms with van der Waals surface area (Å²) in [5.41, 5.74) is 4.71. The van der Waals surface area contributed by atoms with Crippen LogP contribution in [0, 0.1) is 5.82 Å². The van der Waals surface area contributed by atoms with Crippen LogP contribution in [0.15, 0.2) is 18.2 Å². The molecule has 0 aliphatic heterocycles. The average Bonchev–Trinajstić information content (AvgIpc) is 2.14. The normalized spacial score (nSPS) is 14.0. The maximum absolute atomic E-state index is 12.9. The maximum Gasteiger partial charge on any atom is 0.416 e. The lowest BCUT2D eigenvalue weighted by atomic mass is 10.0. The first-order valence-corrected chi connectivity index (χ1v) is 4.48. The highest BCUT2D eigenvalue weighted by Gasteiger charge is 2.31. The molecule has 0 aliphatic rings. The molecule has 0 spiro atoms. The van der Waals surface area contributed by atoms with Gasteiger partial charge in [-0.15, -0.1) is 0 Å². The van der Waals surface area contributed by atoms with Crippen molar-refractivity contribution in [3.8, 4) is 0 Å². The molecule has 0 aliphatic carbocycles. The summed E-state index contributed by atoms with van der Waals surface area (Å²) in [5, 5.41) is 0. The molecule has 0 fully saturated rings. The standard InChI is InChI=1S/C10H11F4N/c1-2-9(15)6-3-7(10(12,13)14)5-8(11)4-6/h3-5,9H,2,15H2,1H3. The van der Waals surface area contributed by atoms with Crippen molar-refractivity contribution in [2.75, 3.05) is 0 Å². The molecule has 0 heterocycles. The molecule has 15 heavy (non-hydrogen) atoms. The van der Waals surface area contributed by atoms with Gasteiger partial charge in [0.2, 0.25) is 0 Å². The van der Waals surface area contributed by atoms with Gasteiger partial charge in [-0.3, -0.25) is 0 Å². The van der Waals surface area contributed by atoms with Gasteiger partial charge in [0.1, 0.15) is 5.82 Å². The molecular formula is C10H11F4N. The lowest BCUT2D eigenvalue weighted by Gasteiger charge is -2.13. The van der Waals surface area contributed by atoms with Gasteiger partial charge < -0.3 is 5.73 Å². The van der Waals surface area contributed by atoms with E-state index >= 15 is 0 Å². The lowest BCUT2D eigenvalue weighted by molar-refractivity contribution is -0.137. The van der Waals surface area contributed by atoms with Gasteiger partial charge in [0, 0.05) is 6.04 Å². The van der Waals surface area contributed by atoms with Crippen molar-refractivity contribution in [3.05, 3.63) is 35.1 Å². The third-order valence-corrected chi connectivity index (χ3v) is 2.12. The number of rotatable bonds is 2. The Bertz CT molecular complexity index is 346. The van der Waals surface area contributed by atoms with Gasteiger partial charge in [0.25, 0.3) is 0 Å². The minimum atomic E-state index is -4.54. The van der Waals surface area contributed by atoms with E-state index in [4.69, 9.17) is 5.73 Å². The van der Waals surface area contributed by atoms with Crippen molar-refractivity contribution in [1.29, 1.82) is 0 Å². The van der Waals surface area contributed by atoms with E-state index in [9.17, 15) is 17.6 Å². The summed E-state index contributed by atoms with van der Waals surface area (Å²) in [6, 6.07) is 1.81. The van der Waals surface area contributed by atoms with E-state index < -0.39 is 23.6 Å². The Morgan fingerprint density at radius 3 is 2.33 bits per heavy atom. The summed E-state index contributed by atoms with van der Waals surface area (Å²) < 4.78 is 49.8. The third-order valence-electron chi connectivity index (χ3n) is 2.12. The second kappa shape index (κ2) is 4.18. The van der Waals surface area contributed by atoms with Gasteiger partial charge in [-0.2, -0.15) is 13.2 Å². The number of alkyl halides is 3. The molecular weight excluding hydrogens is 210 g/mol. The van der Waals surface area contributed by atoms with Gasteiger partial charge in [-0.1, -0.05) is 6.92 Å². The molecule has 5 heteroatoms. The molecule has 0 saturated carbocycles. The Kier molecular flexibility index (Phi) is 3.34. The molecule has 2 N–H and O–H groups in total. The van der Waals surface area contributed by atoms with E-state index in [1.807, 2.05) is 0 Å². The van der Waals surface area contributed by atoms with Crippen molar-refractivity contribution < 1.29 is 17.6 Å². The Labute approximate surface area is 84.9 Å². The topological polar surface area (TPSA) is 26.0 Å². The Hall–Kier alpha value is -1.10. The zero-order chi connectivity index (χ0) is 11.6. The first kappa shape index (κ1) is 12.0. The molecule has 1 atom stereocenters. The Balaban J connectivity index is 3.17. The number of benzene rings is 1. The van der Waals surface area contributed by atoms with Crippen LogP contribution in [0.2, 0.25) is 0 Å². The smallest absolute Gasteiger partial charge is 0.324 e. The van der Waals surface area contributed by atoms with E-state index in [1.165, 1.54) is 0 Å². The van der Waals surface area contributed by atoms with Gasteiger partial charge >= 0.3 is 6.18 Å². The zero-order valence-electron chi connectivity index (χ0n) is 8.11. The fourth-order valence-corrected chi connectivity index (χ4v) is 1.23. The summed E-state index contributed by atoms with van der Waals surface area (Å²) in [4.78, 5) is 0. The van der Waals surface area contributed by atoms with Crippen molar-refractivity contribution in [2.45, 2.75) is 25.6 Å². The van der Waals surface area contributed by atoms with Crippen LogP contribution in [0.5, 0.6) is 0 Å².